The van der Waals surface area contributed by atoms with Crippen LogP contribution in [0.5, 0.6) is 0 Å². The van der Waals surface area contributed by atoms with Gasteiger partial charge in [0.2, 0.25) is 11.8 Å². The molecule has 0 aromatic carbocycles. The van der Waals surface area contributed by atoms with Gasteiger partial charge < -0.3 is 10.2 Å². The summed E-state index contributed by atoms with van der Waals surface area (Å²) in [4.78, 5) is 28.9. The van der Waals surface area contributed by atoms with Crippen molar-refractivity contribution in [1.29, 1.82) is 0 Å². The van der Waals surface area contributed by atoms with Gasteiger partial charge >= 0.3 is 0 Å². The van der Waals surface area contributed by atoms with Crippen molar-refractivity contribution in [2.45, 2.75) is 26.4 Å². The van der Waals surface area contributed by atoms with E-state index in [0.29, 0.717) is 6.54 Å². The number of aryl methyl sites for hydroxylation is 1. The molecular formula is C12H15N3O2. The molecule has 1 aromatic rings. The average Bonchev–Trinajstić information content (AvgIpc) is 2.28. The zero-order chi connectivity index (χ0) is 12.4. The normalized spacial score (nSPS) is 20.4. The predicted molar refractivity (Wildman–Crippen MR) is 62.0 cm³/mol. The minimum absolute atomic E-state index is 0.0508. The number of pyridine rings is 1. The fourth-order valence-electron chi connectivity index (χ4n) is 1.82. The number of carbonyl (C=O) groups is 2. The molecule has 0 aliphatic carbocycles. The summed E-state index contributed by atoms with van der Waals surface area (Å²) in [6.07, 6.45) is 1.74. The lowest BCUT2D eigenvalue weighted by molar-refractivity contribution is -0.144. The number of aromatic nitrogens is 1. The van der Waals surface area contributed by atoms with Crippen molar-refractivity contribution in [2.24, 2.45) is 0 Å². The molecule has 2 amide bonds. The summed E-state index contributed by atoms with van der Waals surface area (Å²) in [7, 11) is 0. The summed E-state index contributed by atoms with van der Waals surface area (Å²) in [5.41, 5.74) is 1.87. The molecule has 1 unspecified atom stereocenters. The average molecular weight is 233 g/mol. The summed E-state index contributed by atoms with van der Waals surface area (Å²) in [6, 6.07) is 3.38. The Morgan fingerprint density at radius 2 is 2.24 bits per heavy atom. The van der Waals surface area contributed by atoms with Crippen molar-refractivity contribution in [2.75, 3.05) is 6.54 Å². The first-order valence-corrected chi connectivity index (χ1v) is 5.56. The van der Waals surface area contributed by atoms with Gasteiger partial charge in [-0.2, -0.15) is 0 Å². The van der Waals surface area contributed by atoms with Crippen LogP contribution in [0, 0.1) is 6.92 Å². The molecule has 17 heavy (non-hydrogen) atoms. The van der Waals surface area contributed by atoms with Gasteiger partial charge in [-0.05, 0) is 25.5 Å². The fraction of sp³-hybridized carbons (Fsp3) is 0.417. The van der Waals surface area contributed by atoms with E-state index in [-0.39, 0.29) is 18.4 Å². The smallest absolute Gasteiger partial charge is 0.245 e. The van der Waals surface area contributed by atoms with Crippen LogP contribution in [-0.4, -0.2) is 34.3 Å². The molecule has 2 heterocycles. The number of nitrogens with one attached hydrogen (secondary N) is 1. The quantitative estimate of drug-likeness (QED) is 0.795. The highest BCUT2D eigenvalue weighted by Gasteiger charge is 2.29. The molecule has 0 saturated carbocycles. The number of rotatable bonds is 2. The van der Waals surface area contributed by atoms with Crippen molar-refractivity contribution in [3.8, 4) is 0 Å². The summed E-state index contributed by atoms with van der Waals surface area (Å²) < 4.78 is 0. The van der Waals surface area contributed by atoms with E-state index in [1.807, 2.05) is 19.1 Å². The highest BCUT2D eigenvalue weighted by Crippen LogP contribution is 2.09. The van der Waals surface area contributed by atoms with Gasteiger partial charge in [0.1, 0.15) is 6.04 Å². The molecule has 90 valence electrons. The van der Waals surface area contributed by atoms with Crippen molar-refractivity contribution in [1.82, 2.24) is 15.2 Å². The molecule has 1 N–H and O–H groups in total. The van der Waals surface area contributed by atoms with E-state index in [2.05, 4.69) is 10.3 Å². The van der Waals surface area contributed by atoms with E-state index in [1.54, 1.807) is 18.0 Å². The molecule has 1 saturated heterocycles. The van der Waals surface area contributed by atoms with Gasteiger partial charge in [-0.1, -0.05) is 6.07 Å². The second-order valence-corrected chi connectivity index (χ2v) is 4.29. The van der Waals surface area contributed by atoms with Crippen LogP contribution in [-0.2, 0) is 16.1 Å². The standard InChI is InChI=1S/C12H15N3O2/c1-8-3-4-10(5-13-8)6-15-7-11(16)14-9(2)12(15)17/h3-5,9H,6-7H2,1-2H3,(H,14,16). The van der Waals surface area contributed by atoms with Gasteiger partial charge in [0, 0.05) is 18.4 Å². The van der Waals surface area contributed by atoms with Crippen LogP contribution in [0.25, 0.3) is 0 Å². The maximum atomic E-state index is 11.8. The molecule has 1 fully saturated rings. The first-order valence-electron chi connectivity index (χ1n) is 5.56. The minimum atomic E-state index is -0.436. The number of nitrogens with zero attached hydrogens (tertiary/aromatic N) is 2. The first kappa shape index (κ1) is 11.6. The molecule has 5 nitrogen and oxygen atoms in total. The Kier molecular flexibility index (Phi) is 3.08. The molecular weight excluding hydrogens is 218 g/mol. The molecule has 1 atom stereocenters. The third-order valence-corrected chi connectivity index (χ3v) is 2.74. The third-order valence-electron chi connectivity index (χ3n) is 2.74. The van der Waals surface area contributed by atoms with Crippen molar-refractivity contribution in [3.05, 3.63) is 29.6 Å². The summed E-state index contributed by atoms with van der Waals surface area (Å²) >= 11 is 0. The predicted octanol–water partition coefficient (Wildman–Crippen LogP) is 0.237. The molecule has 1 aliphatic rings. The van der Waals surface area contributed by atoms with Gasteiger partial charge in [0.25, 0.3) is 0 Å². The Bertz CT molecular complexity index is 442. The zero-order valence-corrected chi connectivity index (χ0v) is 9.93. The summed E-state index contributed by atoms with van der Waals surface area (Å²) in [5.74, 6) is -0.164. The number of piperazine rings is 1. The molecule has 2 rings (SSSR count). The zero-order valence-electron chi connectivity index (χ0n) is 9.93. The minimum Gasteiger partial charge on any atom is -0.343 e. The summed E-state index contributed by atoms with van der Waals surface area (Å²) in [6.45, 7) is 4.16. The molecule has 0 bridgehead atoms. The number of carbonyl (C=O) groups excluding carboxylic acids is 2. The van der Waals surface area contributed by atoms with E-state index in [0.717, 1.165) is 11.3 Å². The number of hydrogen-bond acceptors (Lipinski definition) is 3. The Hall–Kier alpha value is -1.91. The van der Waals surface area contributed by atoms with Crippen molar-refractivity contribution in [3.63, 3.8) is 0 Å². The topological polar surface area (TPSA) is 62.3 Å². The third kappa shape index (κ3) is 2.61. The van der Waals surface area contributed by atoms with Crippen LogP contribution in [0.3, 0.4) is 0 Å². The van der Waals surface area contributed by atoms with E-state index in [1.165, 1.54) is 0 Å². The largest absolute Gasteiger partial charge is 0.343 e. The van der Waals surface area contributed by atoms with Gasteiger partial charge in [0.05, 0.1) is 6.54 Å². The van der Waals surface area contributed by atoms with E-state index in [9.17, 15) is 9.59 Å². The maximum absolute atomic E-state index is 11.8. The van der Waals surface area contributed by atoms with Crippen LogP contribution in [0.4, 0.5) is 0 Å². The lowest BCUT2D eigenvalue weighted by Crippen LogP contribution is -2.56. The van der Waals surface area contributed by atoms with Crippen LogP contribution in [0.1, 0.15) is 18.2 Å². The highest BCUT2D eigenvalue weighted by atomic mass is 16.2. The highest BCUT2D eigenvalue weighted by molar-refractivity contribution is 5.94. The van der Waals surface area contributed by atoms with Gasteiger partial charge in [-0.15, -0.1) is 0 Å². The molecule has 1 aliphatic heterocycles. The van der Waals surface area contributed by atoms with Crippen LogP contribution in [0.2, 0.25) is 0 Å². The molecule has 5 heteroatoms. The van der Waals surface area contributed by atoms with E-state index < -0.39 is 6.04 Å². The molecule has 0 radical (unpaired) electrons. The second kappa shape index (κ2) is 4.53. The fourth-order valence-corrected chi connectivity index (χ4v) is 1.82. The Morgan fingerprint density at radius 3 is 2.88 bits per heavy atom. The van der Waals surface area contributed by atoms with Crippen LogP contribution < -0.4 is 5.32 Å². The Balaban J connectivity index is 2.09. The van der Waals surface area contributed by atoms with Gasteiger partial charge in [-0.25, -0.2) is 0 Å². The Labute approximate surface area is 99.8 Å². The van der Waals surface area contributed by atoms with Crippen molar-refractivity contribution >= 4 is 11.8 Å². The first-order chi connectivity index (χ1) is 8.06. The lowest BCUT2D eigenvalue weighted by Gasteiger charge is -2.30. The van der Waals surface area contributed by atoms with E-state index in [4.69, 9.17) is 0 Å². The van der Waals surface area contributed by atoms with E-state index >= 15 is 0 Å². The van der Waals surface area contributed by atoms with Crippen LogP contribution >= 0.6 is 0 Å². The van der Waals surface area contributed by atoms with Gasteiger partial charge in [0.15, 0.2) is 0 Å². The SMILES string of the molecule is Cc1ccc(CN2CC(=O)NC(C)C2=O)cn1. The lowest BCUT2D eigenvalue weighted by atomic mass is 10.2. The second-order valence-electron chi connectivity index (χ2n) is 4.29. The number of amides is 2. The van der Waals surface area contributed by atoms with Gasteiger partial charge in [-0.3, -0.25) is 14.6 Å². The molecule has 1 aromatic heterocycles. The summed E-state index contributed by atoms with van der Waals surface area (Å²) in [5, 5.41) is 2.61. The number of hydrogen-bond donors (Lipinski definition) is 1. The van der Waals surface area contributed by atoms with Crippen molar-refractivity contribution < 1.29 is 9.59 Å². The Morgan fingerprint density at radius 1 is 1.47 bits per heavy atom. The maximum Gasteiger partial charge on any atom is 0.245 e. The monoisotopic (exact) mass is 233 g/mol. The van der Waals surface area contributed by atoms with Crippen LogP contribution in [0.15, 0.2) is 18.3 Å². The molecule has 0 spiro atoms.